The number of nitrogens with one attached hydrogen (secondary N) is 1. The van der Waals surface area contributed by atoms with Crippen LogP contribution in [0.3, 0.4) is 0 Å². The molecule has 26 heavy (non-hydrogen) atoms. The normalized spacial score (nSPS) is 11.7. The third-order valence-corrected chi connectivity index (χ3v) is 4.32. The summed E-state index contributed by atoms with van der Waals surface area (Å²) in [6.07, 6.45) is 0.556. The molecule has 0 unspecified atom stereocenters. The molecule has 132 valence electrons. The van der Waals surface area contributed by atoms with Crippen molar-refractivity contribution in [2.75, 3.05) is 6.54 Å². The number of aromatic nitrogens is 1. The van der Waals surface area contributed by atoms with Crippen molar-refractivity contribution < 1.29 is 9.90 Å². The summed E-state index contributed by atoms with van der Waals surface area (Å²) < 4.78 is 1.73. The maximum atomic E-state index is 12.8. The number of phenols is 1. The first kappa shape index (κ1) is 17.4. The van der Waals surface area contributed by atoms with Gasteiger partial charge < -0.3 is 15.0 Å². The molecule has 0 saturated carbocycles. The number of hydrogen-bond donors (Lipinski definition) is 2. The first-order chi connectivity index (χ1) is 12.6. The van der Waals surface area contributed by atoms with Crippen LogP contribution in [0.25, 0.3) is 21.3 Å². The summed E-state index contributed by atoms with van der Waals surface area (Å²) in [7, 11) is 1.77. The van der Waals surface area contributed by atoms with Gasteiger partial charge in [-0.15, -0.1) is 0 Å². The zero-order valence-electron chi connectivity index (χ0n) is 14.3. The lowest BCUT2D eigenvalue weighted by molar-refractivity contribution is 0.0930. The molecule has 7 nitrogen and oxygen atoms in total. The third kappa shape index (κ3) is 3.63. The van der Waals surface area contributed by atoms with Gasteiger partial charge in [0.2, 0.25) is 0 Å². The number of phenolic OH excluding ortho intramolecular Hbond substituents is 1. The maximum absolute atomic E-state index is 12.8. The molecule has 1 amide bonds. The van der Waals surface area contributed by atoms with E-state index >= 15 is 0 Å². The summed E-state index contributed by atoms with van der Waals surface area (Å²) >= 11 is 0. The Bertz CT molecular complexity index is 974. The number of nitrogens with zero attached hydrogens (tertiary/aromatic N) is 4. The van der Waals surface area contributed by atoms with Crippen LogP contribution in [0.15, 0.2) is 59.7 Å². The molecule has 1 aromatic heterocycles. The number of rotatable bonds is 6. The van der Waals surface area contributed by atoms with E-state index in [1.165, 1.54) is 0 Å². The quantitative estimate of drug-likeness (QED) is 0.404. The zero-order chi connectivity index (χ0) is 18.5. The first-order valence-corrected chi connectivity index (χ1v) is 8.23. The second kappa shape index (κ2) is 7.63. The van der Waals surface area contributed by atoms with Gasteiger partial charge in [0, 0.05) is 29.9 Å². The highest BCUT2D eigenvalue weighted by molar-refractivity contribution is 6.00. The number of benzene rings is 2. The molecule has 1 atom stereocenters. The average molecular weight is 349 g/mol. The smallest absolute Gasteiger partial charge is 0.268 e. The molecule has 3 aromatic rings. The molecular weight excluding hydrogens is 330 g/mol. The summed E-state index contributed by atoms with van der Waals surface area (Å²) in [6, 6.07) is 16.2. The molecule has 1 heterocycles. The van der Waals surface area contributed by atoms with Gasteiger partial charge in [0.05, 0.1) is 5.52 Å². The van der Waals surface area contributed by atoms with Crippen molar-refractivity contribution in [3.8, 4) is 5.75 Å². The minimum Gasteiger partial charge on any atom is -0.507 e. The summed E-state index contributed by atoms with van der Waals surface area (Å²) in [4.78, 5) is 15.6. The molecule has 0 spiro atoms. The van der Waals surface area contributed by atoms with Crippen LogP contribution in [0.2, 0.25) is 0 Å². The first-order valence-electron chi connectivity index (χ1n) is 8.23. The lowest BCUT2D eigenvalue weighted by Gasteiger charge is -2.17. The molecule has 0 aliphatic heterocycles. The molecule has 0 bridgehead atoms. The van der Waals surface area contributed by atoms with Crippen molar-refractivity contribution >= 4 is 16.8 Å². The second-order valence-corrected chi connectivity index (χ2v) is 6.07. The Balaban J connectivity index is 1.84. The number of fused-ring (bicyclic) bond motifs is 1. The number of azide groups is 1. The van der Waals surface area contributed by atoms with Gasteiger partial charge in [0.25, 0.3) is 5.91 Å². The Hall–Kier alpha value is -3.44. The standard InChI is InChI=1S/C19H19N5O2/c1-24-16-8-5-9-18(25)15(16)11-17(24)19(26)22-14(12-21-23-20)10-13-6-3-2-4-7-13/h2-9,11,14,25H,10,12H2,1H3,(H,22,26)/t14-/m0/s1. The van der Waals surface area contributed by atoms with Crippen LogP contribution in [0.5, 0.6) is 5.75 Å². The largest absolute Gasteiger partial charge is 0.507 e. The summed E-state index contributed by atoms with van der Waals surface area (Å²) in [6.45, 7) is 0.159. The lowest BCUT2D eigenvalue weighted by Crippen LogP contribution is -2.39. The molecule has 0 aliphatic carbocycles. The van der Waals surface area contributed by atoms with Crippen molar-refractivity contribution in [1.82, 2.24) is 9.88 Å². The van der Waals surface area contributed by atoms with Gasteiger partial charge in [0.1, 0.15) is 11.4 Å². The van der Waals surface area contributed by atoms with Crippen LogP contribution in [-0.2, 0) is 13.5 Å². The van der Waals surface area contributed by atoms with E-state index in [0.717, 1.165) is 11.1 Å². The highest BCUT2D eigenvalue weighted by atomic mass is 16.3. The van der Waals surface area contributed by atoms with Crippen LogP contribution in [0, 0.1) is 0 Å². The van der Waals surface area contributed by atoms with E-state index in [2.05, 4.69) is 15.3 Å². The Labute approximate surface area is 150 Å². The number of carbonyl (C=O) groups excluding carboxylic acids is 1. The van der Waals surface area contributed by atoms with Crippen molar-refractivity contribution in [2.45, 2.75) is 12.5 Å². The van der Waals surface area contributed by atoms with Gasteiger partial charge in [-0.3, -0.25) is 4.79 Å². The predicted molar refractivity (Wildman–Crippen MR) is 100.0 cm³/mol. The SMILES string of the molecule is Cn1c(C(=O)N[C@H](CN=[N+]=[N-])Cc2ccccc2)cc2c(O)cccc21. The molecule has 2 N–H and O–H groups in total. The number of carbonyl (C=O) groups is 1. The monoisotopic (exact) mass is 349 g/mol. The van der Waals surface area contributed by atoms with Crippen molar-refractivity contribution in [1.29, 1.82) is 0 Å². The van der Waals surface area contributed by atoms with Crippen LogP contribution >= 0.6 is 0 Å². The average Bonchev–Trinajstić information content (AvgIpc) is 2.99. The summed E-state index contributed by atoms with van der Waals surface area (Å²) in [5.41, 5.74) is 10.9. The van der Waals surface area contributed by atoms with E-state index in [9.17, 15) is 9.90 Å². The predicted octanol–water partition coefficient (Wildman–Crippen LogP) is 3.54. The van der Waals surface area contributed by atoms with Gasteiger partial charge in [-0.2, -0.15) is 0 Å². The highest BCUT2D eigenvalue weighted by Crippen LogP contribution is 2.27. The molecule has 3 rings (SSSR count). The van der Waals surface area contributed by atoms with Crippen molar-refractivity contribution in [3.63, 3.8) is 0 Å². The van der Waals surface area contributed by atoms with Gasteiger partial charge in [-0.1, -0.05) is 41.5 Å². The molecular formula is C19H19N5O2. The Morgan fingerprint density at radius 3 is 2.73 bits per heavy atom. The fourth-order valence-electron chi connectivity index (χ4n) is 3.02. The molecule has 2 aromatic carbocycles. The van der Waals surface area contributed by atoms with E-state index in [0.29, 0.717) is 17.5 Å². The summed E-state index contributed by atoms with van der Waals surface area (Å²) in [5.74, 6) is -0.149. The zero-order valence-corrected chi connectivity index (χ0v) is 14.3. The Morgan fingerprint density at radius 2 is 2.04 bits per heavy atom. The van der Waals surface area contributed by atoms with Crippen molar-refractivity contribution in [2.24, 2.45) is 12.2 Å². The molecule has 7 heteroatoms. The molecule has 0 fully saturated rings. The van der Waals surface area contributed by atoms with Crippen molar-refractivity contribution in [3.05, 3.63) is 76.3 Å². The fraction of sp³-hybridized carbons (Fsp3) is 0.211. The fourth-order valence-corrected chi connectivity index (χ4v) is 3.02. The minimum atomic E-state index is -0.326. The molecule has 0 saturated heterocycles. The van der Waals surface area contributed by atoms with E-state index in [1.54, 1.807) is 29.8 Å². The van der Waals surface area contributed by atoms with E-state index < -0.39 is 0 Å². The van der Waals surface area contributed by atoms with Crippen LogP contribution < -0.4 is 5.32 Å². The Morgan fingerprint density at radius 1 is 1.27 bits per heavy atom. The molecule has 0 radical (unpaired) electrons. The van der Waals surface area contributed by atoms with Gasteiger partial charge in [-0.25, -0.2) is 0 Å². The van der Waals surface area contributed by atoms with Gasteiger partial charge in [0.15, 0.2) is 0 Å². The summed E-state index contributed by atoms with van der Waals surface area (Å²) in [5, 5.41) is 17.1. The highest BCUT2D eigenvalue weighted by Gasteiger charge is 2.18. The van der Waals surface area contributed by atoms with Crippen LogP contribution in [-0.4, -0.2) is 28.2 Å². The van der Waals surface area contributed by atoms with Gasteiger partial charge in [-0.05, 0) is 35.7 Å². The topological polar surface area (TPSA) is 103 Å². The number of aromatic hydroxyl groups is 1. The van der Waals surface area contributed by atoms with E-state index in [1.807, 2.05) is 36.4 Å². The van der Waals surface area contributed by atoms with Crippen LogP contribution in [0.1, 0.15) is 16.1 Å². The lowest BCUT2D eigenvalue weighted by atomic mass is 10.1. The second-order valence-electron chi connectivity index (χ2n) is 6.07. The number of hydrogen-bond acceptors (Lipinski definition) is 3. The molecule has 0 aliphatic rings. The van der Waals surface area contributed by atoms with Gasteiger partial charge >= 0.3 is 0 Å². The van der Waals surface area contributed by atoms with Crippen LogP contribution in [0.4, 0.5) is 0 Å². The van der Waals surface area contributed by atoms with E-state index in [-0.39, 0.29) is 24.2 Å². The Kier molecular flexibility index (Phi) is 5.10. The number of aryl methyl sites for hydroxylation is 1. The maximum Gasteiger partial charge on any atom is 0.268 e. The van der Waals surface area contributed by atoms with E-state index in [4.69, 9.17) is 5.53 Å². The minimum absolute atomic E-state index is 0.132. The number of amides is 1. The third-order valence-electron chi connectivity index (χ3n) is 4.32.